The van der Waals surface area contributed by atoms with E-state index in [0.29, 0.717) is 16.9 Å². The van der Waals surface area contributed by atoms with Gasteiger partial charge < -0.3 is 36.2 Å². The minimum atomic E-state index is -4.79. The number of hydrogen-bond acceptors (Lipinski definition) is 6. The zero-order chi connectivity index (χ0) is 33.3. The molecule has 0 aromatic heterocycles. The fourth-order valence-electron chi connectivity index (χ4n) is 3.23. The summed E-state index contributed by atoms with van der Waals surface area (Å²) >= 11 is 23.0. The van der Waals surface area contributed by atoms with Gasteiger partial charge in [-0.05, 0) is 72.8 Å². The van der Waals surface area contributed by atoms with Gasteiger partial charge in [0.1, 0.15) is 5.75 Å². The van der Waals surface area contributed by atoms with Gasteiger partial charge in [-0.25, -0.2) is 9.59 Å². The second-order valence-corrected chi connectivity index (χ2v) is 10.1. The predicted molar refractivity (Wildman–Crippen MR) is 166 cm³/mol. The smallest absolute Gasteiger partial charge is 0.505 e. The molecule has 10 nitrogen and oxygen atoms in total. The van der Waals surface area contributed by atoms with Gasteiger partial charge in [-0.3, -0.25) is 0 Å². The summed E-state index contributed by atoms with van der Waals surface area (Å²) in [5.41, 5.74) is 1.82. The number of nitriles is 1. The van der Waals surface area contributed by atoms with Crippen LogP contribution in [0, 0.1) is 11.3 Å². The first-order valence-corrected chi connectivity index (χ1v) is 13.5. The van der Waals surface area contributed by atoms with Crippen LogP contribution >= 0.6 is 46.4 Å². The molecular weight excluding hydrogens is 685 g/mol. The van der Waals surface area contributed by atoms with Crippen molar-refractivity contribution in [1.82, 2.24) is 0 Å². The van der Waals surface area contributed by atoms with Gasteiger partial charge in [0.25, 0.3) is 0 Å². The number of halogens is 7. The lowest BCUT2D eigenvalue weighted by atomic mass is 10.2. The van der Waals surface area contributed by atoms with Crippen molar-refractivity contribution >= 4 is 81.2 Å². The summed E-state index contributed by atoms with van der Waals surface area (Å²) < 4.78 is 39.9. The molecular formula is C28H18Cl4F3N5O5. The van der Waals surface area contributed by atoms with Crippen molar-refractivity contribution in [3.05, 3.63) is 98.5 Å². The molecule has 234 valence electrons. The van der Waals surface area contributed by atoms with E-state index < -0.39 is 24.2 Å². The van der Waals surface area contributed by atoms with Gasteiger partial charge in [0.05, 0.1) is 31.7 Å². The molecule has 0 aliphatic carbocycles. The first kappa shape index (κ1) is 34.7. The number of nitrogens with one attached hydrogen (secondary N) is 4. The Bertz CT molecular complexity index is 1690. The summed E-state index contributed by atoms with van der Waals surface area (Å²) in [6.07, 6.45) is -4.79. The maximum absolute atomic E-state index is 12.0. The van der Waals surface area contributed by atoms with Crippen LogP contribution in [0.15, 0.2) is 72.8 Å². The van der Waals surface area contributed by atoms with E-state index in [0.717, 1.165) is 12.1 Å². The largest absolute Gasteiger partial charge is 0.573 e. The molecule has 0 saturated carbocycles. The maximum atomic E-state index is 12.0. The van der Waals surface area contributed by atoms with E-state index in [-0.39, 0.29) is 43.0 Å². The van der Waals surface area contributed by atoms with Crippen LogP contribution in [0.1, 0.15) is 5.56 Å². The van der Waals surface area contributed by atoms with E-state index in [2.05, 4.69) is 26.0 Å². The third-order valence-corrected chi connectivity index (χ3v) is 6.32. The second kappa shape index (κ2) is 15.3. The van der Waals surface area contributed by atoms with Crippen LogP contribution in [0.5, 0.6) is 17.2 Å². The van der Waals surface area contributed by atoms with Crippen molar-refractivity contribution in [3.63, 3.8) is 0 Å². The second-order valence-electron chi connectivity index (χ2n) is 8.50. The molecule has 0 atom stereocenters. The van der Waals surface area contributed by atoms with Gasteiger partial charge in [-0.2, -0.15) is 5.26 Å². The molecule has 4 aromatic carbocycles. The monoisotopic (exact) mass is 701 g/mol. The number of phenols is 2. The van der Waals surface area contributed by atoms with Crippen molar-refractivity contribution < 1.29 is 37.7 Å². The minimum Gasteiger partial charge on any atom is -0.505 e. The van der Waals surface area contributed by atoms with Gasteiger partial charge >= 0.3 is 18.4 Å². The zero-order valence-corrected chi connectivity index (χ0v) is 25.2. The van der Waals surface area contributed by atoms with E-state index in [1.165, 1.54) is 36.4 Å². The Morgan fingerprint density at radius 1 is 0.644 bits per heavy atom. The number of amides is 4. The van der Waals surface area contributed by atoms with Crippen molar-refractivity contribution in [2.45, 2.75) is 6.36 Å². The van der Waals surface area contributed by atoms with Crippen LogP contribution in [0.3, 0.4) is 0 Å². The summed E-state index contributed by atoms with van der Waals surface area (Å²) in [6.45, 7) is 0. The van der Waals surface area contributed by atoms with E-state index in [9.17, 15) is 33.0 Å². The quantitative estimate of drug-likeness (QED) is 0.114. The van der Waals surface area contributed by atoms with Gasteiger partial charge in [-0.1, -0.05) is 46.4 Å². The van der Waals surface area contributed by atoms with E-state index in [1.54, 1.807) is 24.3 Å². The third kappa shape index (κ3) is 11.0. The minimum absolute atomic E-state index is 0.0381. The molecule has 0 unspecified atom stereocenters. The van der Waals surface area contributed by atoms with Crippen molar-refractivity contribution in [1.29, 1.82) is 5.26 Å². The lowest BCUT2D eigenvalue weighted by molar-refractivity contribution is -0.274. The molecule has 0 spiro atoms. The average molecular weight is 703 g/mol. The highest BCUT2D eigenvalue weighted by Gasteiger charge is 2.31. The van der Waals surface area contributed by atoms with Gasteiger partial charge in [0.2, 0.25) is 0 Å². The topological polar surface area (TPSA) is 156 Å². The van der Waals surface area contributed by atoms with E-state index in [1.807, 2.05) is 6.07 Å². The number of carbonyl (C=O) groups excluding carboxylic acids is 2. The zero-order valence-electron chi connectivity index (χ0n) is 22.1. The highest BCUT2D eigenvalue weighted by molar-refractivity contribution is 6.38. The van der Waals surface area contributed by atoms with Crippen LogP contribution in [0.2, 0.25) is 20.1 Å². The number of nitrogens with zero attached hydrogens (tertiary/aromatic N) is 1. The summed E-state index contributed by atoms with van der Waals surface area (Å²) in [5, 5.41) is 37.4. The molecule has 0 heterocycles. The van der Waals surface area contributed by atoms with E-state index in [4.69, 9.17) is 51.7 Å². The first-order valence-electron chi connectivity index (χ1n) is 12.0. The average Bonchev–Trinajstić information content (AvgIpc) is 2.95. The Kier molecular flexibility index (Phi) is 11.8. The Morgan fingerprint density at radius 3 is 1.31 bits per heavy atom. The summed E-state index contributed by atoms with van der Waals surface area (Å²) in [5.74, 6) is -0.966. The molecule has 4 aromatic rings. The molecule has 0 fully saturated rings. The fraction of sp³-hybridized carbons (Fsp3) is 0.0357. The van der Waals surface area contributed by atoms with Crippen molar-refractivity contribution in [2.75, 3.05) is 21.3 Å². The van der Waals surface area contributed by atoms with Crippen LogP contribution < -0.4 is 26.0 Å². The summed E-state index contributed by atoms with van der Waals surface area (Å²) in [7, 11) is 0. The molecule has 0 radical (unpaired) electrons. The molecule has 17 heteroatoms. The number of phenolic OH excluding ortho intramolecular Hbond substituents is 2. The molecule has 45 heavy (non-hydrogen) atoms. The first-order chi connectivity index (χ1) is 21.1. The van der Waals surface area contributed by atoms with E-state index >= 15 is 0 Å². The number of benzene rings is 4. The van der Waals surface area contributed by atoms with Crippen molar-refractivity contribution in [3.8, 4) is 23.3 Å². The summed E-state index contributed by atoms with van der Waals surface area (Å²) in [6, 6.07) is 17.1. The highest BCUT2D eigenvalue weighted by Crippen LogP contribution is 2.35. The number of carbonyl (C=O) groups is 2. The van der Waals surface area contributed by atoms with Crippen LogP contribution in [0.4, 0.5) is 45.5 Å². The number of anilines is 4. The van der Waals surface area contributed by atoms with Gasteiger partial charge in [-0.15, -0.1) is 13.2 Å². The lowest BCUT2D eigenvalue weighted by Crippen LogP contribution is -2.19. The Hall–Kier alpha value is -4.74. The fourth-order valence-corrected chi connectivity index (χ4v) is 4.20. The third-order valence-electron chi connectivity index (χ3n) is 5.17. The normalized spacial score (nSPS) is 10.4. The highest BCUT2D eigenvalue weighted by atomic mass is 35.5. The number of aromatic hydroxyl groups is 2. The molecule has 6 N–H and O–H groups in total. The van der Waals surface area contributed by atoms with Gasteiger partial charge in [0.15, 0.2) is 11.5 Å². The standard InChI is InChI=1S/C14H9Cl2F3N2O3.C14H9Cl2N3O2/c15-10-5-8(6-11(16)12(10)22)21-13(23)20-7-1-3-9(4-2-7)24-14(17,18)19;15-11-5-10(6-12(16)13(11)20)19-14(21)18-9-3-1-8(7-17)2-4-9/h1-6,22H,(H2,20,21,23);1-6,20H,(H2,18,19,21). The molecule has 0 aliphatic heterocycles. The molecule has 0 bridgehead atoms. The molecule has 0 saturated heterocycles. The number of hydrogen-bond donors (Lipinski definition) is 6. The van der Waals surface area contributed by atoms with Crippen molar-refractivity contribution in [2.24, 2.45) is 0 Å². The summed E-state index contributed by atoms with van der Waals surface area (Å²) in [4.78, 5) is 23.6. The molecule has 4 rings (SSSR count). The van der Waals surface area contributed by atoms with Crippen LogP contribution in [-0.2, 0) is 0 Å². The molecule has 0 aliphatic rings. The SMILES string of the molecule is N#Cc1ccc(NC(=O)Nc2cc(Cl)c(O)c(Cl)c2)cc1.O=C(Nc1ccc(OC(F)(F)F)cc1)Nc1cc(Cl)c(O)c(Cl)c1. The lowest BCUT2D eigenvalue weighted by Gasteiger charge is -2.11. The predicted octanol–water partition coefficient (Wildman–Crippen LogP) is 9.46. The molecule has 4 amide bonds. The number of urea groups is 2. The number of ether oxygens (including phenoxy) is 1. The Balaban J connectivity index is 0.000000248. The van der Waals surface area contributed by atoms with Gasteiger partial charge in [0, 0.05) is 22.7 Å². The van der Waals surface area contributed by atoms with Crippen LogP contribution in [0.25, 0.3) is 0 Å². The number of alkyl halides is 3. The Labute approximate surface area is 272 Å². The number of rotatable bonds is 5. The van der Waals surface area contributed by atoms with Crippen LogP contribution in [-0.4, -0.2) is 28.6 Å². The maximum Gasteiger partial charge on any atom is 0.573 e. The Morgan fingerprint density at radius 2 is 0.978 bits per heavy atom.